The van der Waals surface area contributed by atoms with E-state index in [-0.39, 0.29) is 23.8 Å². The van der Waals surface area contributed by atoms with Gasteiger partial charge in [-0.2, -0.15) is 0 Å². The van der Waals surface area contributed by atoms with E-state index in [0.717, 1.165) is 17.7 Å². The number of hydrogen-bond acceptors (Lipinski definition) is 5. The Bertz CT molecular complexity index is 900. The molecule has 8 nitrogen and oxygen atoms in total. The fraction of sp³-hybridized carbons (Fsp3) is 0.654. The first-order chi connectivity index (χ1) is 16.2. The number of ether oxygens (including phenoxy) is 1. The van der Waals surface area contributed by atoms with E-state index >= 15 is 0 Å². The predicted octanol–water partition coefficient (Wildman–Crippen LogP) is 2.52. The van der Waals surface area contributed by atoms with Gasteiger partial charge in [-0.25, -0.2) is 4.79 Å². The van der Waals surface area contributed by atoms with Crippen molar-refractivity contribution in [3.8, 4) is 5.75 Å². The summed E-state index contributed by atoms with van der Waals surface area (Å²) in [5.41, 5.74) is 0.198. The maximum Gasteiger partial charge on any atom is 0.325 e. The zero-order valence-corrected chi connectivity index (χ0v) is 20.9. The van der Waals surface area contributed by atoms with E-state index in [2.05, 4.69) is 19.2 Å². The number of fused-ring (bicyclic) bond motifs is 1. The summed E-state index contributed by atoms with van der Waals surface area (Å²) in [4.78, 5) is 44.9. The molecule has 186 valence electrons. The van der Waals surface area contributed by atoms with Gasteiger partial charge in [-0.15, -0.1) is 0 Å². The van der Waals surface area contributed by atoms with Crippen LogP contribution in [0.5, 0.6) is 5.75 Å². The largest absolute Gasteiger partial charge is 0.480 e. The highest BCUT2D eigenvalue weighted by atomic mass is 16.5. The Hall–Kier alpha value is -2.61. The Balaban J connectivity index is 1.43. The van der Waals surface area contributed by atoms with Crippen LogP contribution in [0.2, 0.25) is 0 Å². The van der Waals surface area contributed by atoms with E-state index in [1.165, 1.54) is 4.90 Å². The third-order valence-electron chi connectivity index (χ3n) is 7.51. The molecule has 0 unspecified atom stereocenters. The molecule has 0 bridgehead atoms. The van der Waals surface area contributed by atoms with Crippen molar-refractivity contribution < 1.29 is 19.1 Å². The second-order valence-electron chi connectivity index (χ2n) is 10.6. The molecule has 4 rings (SSSR count). The molecule has 1 aromatic carbocycles. The number of carbonyl (C=O) groups excluding carboxylic acids is 3. The monoisotopic (exact) mass is 470 g/mol. The number of piperidine rings is 1. The molecule has 4 amide bonds. The third kappa shape index (κ3) is 4.78. The number of para-hydroxylation sites is 1. The number of hydrogen-bond donors (Lipinski definition) is 1. The number of imide groups is 1. The molecule has 0 aromatic heterocycles. The molecule has 0 aliphatic carbocycles. The van der Waals surface area contributed by atoms with Gasteiger partial charge < -0.3 is 19.9 Å². The lowest BCUT2D eigenvalue weighted by atomic mass is 9.73. The van der Waals surface area contributed by atoms with Crippen molar-refractivity contribution >= 4 is 17.8 Å². The maximum absolute atomic E-state index is 13.6. The van der Waals surface area contributed by atoms with Crippen molar-refractivity contribution in [3.63, 3.8) is 0 Å². The molecule has 0 spiro atoms. The van der Waals surface area contributed by atoms with Crippen molar-refractivity contribution in [2.24, 2.45) is 11.8 Å². The van der Waals surface area contributed by atoms with Gasteiger partial charge in [0, 0.05) is 32.6 Å². The molecule has 3 aliphatic rings. The molecule has 2 saturated heterocycles. The molecule has 2 atom stereocenters. The van der Waals surface area contributed by atoms with E-state index in [1.807, 2.05) is 48.2 Å². The number of nitrogens with zero attached hydrogens (tertiary/aromatic N) is 3. The summed E-state index contributed by atoms with van der Waals surface area (Å²) in [6.07, 6.45) is 3.00. The van der Waals surface area contributed by atoms with Gasteiger partial charge in [0.05, 0.1) is 0 Å². The van der Waals surface area contributed by atoms with Crippen LogP contribution in [-0.2, 0) is 16.0 Å². The smallest absolute Gasteiger partial charge is 0.325 e. The van der Waals surface area contributed by atoms with Crippen LogP contribution in [0.15, 0.2) is 24.3 Å². The van der Waals surface area contributed by atoms with Crippen LogP contribution < -0.4 is 10.1 Å². The Morgan fingerprint density at radius 2 is 1.91 bits per heavy atom. The second-order valence-corrected chi connectivity index (χ2v) is 10.6. The van der Waals surface area contributed by atoms with Gasteiger partial charge in [-0.1, -0.05) is 32.0 Å². The van der Waals surface area contributed by atoms with Crippen LogP contribution in [0.25, 0.3) is 0 Å². The molecular weight excluding hydrogens is 432 g/mol. The SMILES string of the molecule is CC(C)CC[C@@]1(C2CCN(C(=O)[C@@H]3Cc4ccccc4O3)CC2)NC(=O)N(CCN(C)C)C1=O. The molecule has 8 heteroatoms. The lowest BCUT2D eigenvalue weighted by Crippen LogP contribution is -2.57. The van der Waals surface area contributed by atoms with Gasteiger partial charge in [-0.05, 0) is 63.2 Å². The molecule has 34 heavy (non-hydrogen) atoms. The van der Waals surface area contributed by atoms with Crippen molar-refractivity contribution in [2.45, 2.75) is 57.6 Å². The Morgan fingerprint density at radius 1 is 1.21 bits per heavy atom. The lowest BCUT2D eigenvalue weighted by molar-refractivity contribution is -0.140. The van der Waals surface area contributed by atoms with Crippen molar-refractivity contribution in [2.75, 3.05) is 40.3 Å². The van der Waals surface area contributed by atoms with Gasteiger partial charge in [0.15, 0.2) is 6.10 Å². The number of rotatable bonds is 8. The van der Waals surface area contributed by atoms with Gasteiger partial charge in [0.25, 0.3) is 11.8 Å². The van der Waals surface area contributed by atoms with Crippen molar-refractivity contribution in [1.82, 2.24) is 20.0 Å². The molecule has 1 N–H and O–H groups in total. The van der Waals surface area contributed by atoms with Crippen molar-refractivity contribution in [1.29, 1.82) is 0 Å². The number of urea groups is 1. The molecule has 2 fully saturated rings. The summed E-state index contributed by atoms with van der Waals surface area (Å²) in [5, 5.41) is 3.12. The standard InChI is InChI=1S/C26H38N4O4/c1-18(2)9-12-26(24(32)30(25(33)27-26)16-15-28(3)4)20-10-13-29(14-11-20)23(31)22-17-19-7-5-6-8-21(19)34-22/h5-8,18,20,22H,9-17H2,1-4H3,(H,27,33)/t22-,26-/m0/s1. The minimum Gasteiger partial charge on any atom is -0.480 e. The van der Waals surface area contributed by atoms with Crippen LogP contribution >= 0.6 is 0 Å². The number of likely N-dealkylation sites (tertiary alicyclic amines) is 1. The number of benzene rings is 1. The zero-order valence-electron chi connectivity index (χ0n) is 20.9. The summed E-state index contributed by atoms with van der Waals surface area (Å²) >= 11 is 0. The average Bonchev–Trinajstić information content (AvgIpc) is 3.35. The number of likely N-dealkylation sites (N-methyl/N-ethyl adjacent to an activating group) is 1. The first-order valence-corrected chi connectivity index (χ1v) is 12.5. The topological polar surface area (TPSA) is 82.2 Å². The van der Waals surface area contributed by atoms with Crippen LogP contribution in [-0.4, -0.2) is 84.5 Å². The molecular formula is C26H38N4O4. The summed E-state index contributed by atoms with van der Waals surface area (Å²) in [6, 6.07) is 7.51. The van der Waals surface area contributed by atoms with E-state index in [4.69, 9.17) is 4.74 Å². The van der Waals surface area contributed by atoms with Gasteiger partial charge in [0.1, 0.15) is 11.3 Å². The molecule has 3 heterocycles. The van der Waals surface area contributed by atoms with E-state index in [1.54, 1.807) is 0 Å². The molecule has 0 radical (unpaired) electrons. The maximum atomic E-state index is 13.6. The number of carbonyl (C=O) groups is 3. The van der Waals surface area contributed by atoms with E-state index in [0.29, 0.717) is 57.8 Å². The highest BCUT2D eigenvalue weighted by Crippen LogP contribution is 2.38. The minimum absolute atomic E-state index is 0.0119. The van der Waals surface area contributed by atoms with Crippen LogP contribution in [0, 0.1) is 11.8 Å². The molecule has 0 saturated carbocycles. The van der Waals surface area contributed by atoms with Crippen LogP contribution in [0.3, 0.4) is 0 Å². The van der Waals surface area contributed by atoms with Gasteiger partial charge in [-0.3, -0.25) is 14.5 Å². The van der Waals surface area contributed by atoms with Gasteiger partial charge in [0.2, 0.25) is 0 Å². The normalized spacial score (nSPS) is 25.2. The Labute approximate surface area is 202 Å². The van der Waals surface area contributed by atoms with Crippen LogP contribution in [0.1, 0.15) is 45.1 Å². The summed E-state index contributed by atoms with van der Waals surface area (Å²) in [6.45, 7) is 6.45. The van der Waals surface area contributed by atoms with Gasteiger partial charge >= 0.3 is 6.03 Å². The number of amides is 4. The molecule has 3 aliphatic heterocycles. The first-order valence-electron chi connectivity index (χ1n) is 12.5. The minimum atomic E-state index is -0.872. The first kappa shape index (κ1) is 24.5. The Kier molecular flexibility index (Phi) is 7.17. The lowest BCUT2D eigenvalue weighted by Gasteiger charge is -2.41. The van der Waals surface area contributed by atoms with Crippen LogP contribution in [0.4, 0.5) is 4.79 Å². The Morgan fingerprint density at radius 3 is 2.56 bits per heavy atom. The third-order valence-corrected chi connectivity index (χ3v) is 7.51. The fourth-order valence-electron chi connectivity index (χ4n) is 5.43. The predicted molar refractivity (Wildman–Crippen MR) is 129 cm³/mol. The highest BCUT2D eigenvalue weighted by molar-refractivity contribution is 6.07. The second kappa shape index (κ2) is 9.94. The highest BCUT2D eigenvalue weighted by Gasteiger charge is 2.55. The molecule has 1 aromatic rings. The van der Waals surface area contributed by atoms with E-state index < -0.39 is 11.6 Å². The number of nitrogens with one attached hydrogen (secondary N) is 1. The van der Waals surface area contributed by atoms with Crippen molar-refractivity contribution in [3.05, 3.63) is 29.8 Å². The fourth-order valence-corrected chi connectivity index (χ4v) is 5.43. The van der Waals surface area contributed by atoms with E-state index in [9.17, 15) is 14.4 Å². The quantitative estimate of drug-likeness (QED) is 0.591. The summed E-state index contributed by atoms with van der Waals surface area (Å²) < 4.78 is 5.91. The summed E-state index contributed by atoms with van der Waals surface area (Å²) in [7, 11) is 3.87. The zero-order chi connectivity index (χ0) is 24.5. The summed E-state index contributed by atoms with van der Waals surface area (Å²) in [5.74, 6) is 1.15. The average molecular weight is 471 g/mol.